The summed E-state index contributed by atoms with van der Waals surface area (Å²) in [6.45, 7) is 2.69. The summed E-state index contributed by atoms with van der Waals surface area (Å²) in [6, 6.07) is 15.2. The molecular weight excluding hydrogens is 376 g/mol. The van der Waals surface area contributed by atoms with Crippen LogP contribution in [0, 0.1) is 6.92 Å². The maximum absolute atomic E-state index is 13.0. The summed E-state index contributed by atoms with van der Waals surface area (Å²) < 4.78 is 27.5. The first-order valence-electron chi connectivity index (χ1n) is 9.46. The molecule has 0 bridgehead atoms. The first kappa shape index (κ1) is 20.5. The Labute approximate surface area is 166 Å². The quantitative estimate of drug-likeness (QED) is 0.708. The zero-order chi connectivity index (χ0) is 20.1. The van der Waals surface area contributed by atoms with Crippen LogP contribution >= 0.6 is 0 Å². The third-order valence-electron chi connectivity index (χ3n) is 5.13. The van der Waals surface area contributed by atoms with Crippen molar-refractivity contribution < 1.29 is 18.3 Å². The summed E-state index contributed by atoms with van der Waals surface area (Å²) >= 11 is 0. The summed E-state index contributed by atoms with van der Waals surface area (Å²) in [5.41, 5.74) is 1.93. The van der Waals surface area contributed by atoms with Crippen LogP contribution in [0.4, 0.5) is 0 Å². The Balaban J connectivity index is 1.68. The third-order valence-corrected chi connectivity index (χ3v) is 7.10. The fourth-order valence-corrected chi connectivity index (χ4v) is 5.24. The fraction of sp³-hybridized carbons (Fsp3) is 0.381. The number of benzene rings is 2. The fourth-order valence-electron chi connectivity index (χ4n) is 3.55. The molecule has 1 aliphatic rings. The molecule has 0 amide bonds. The molecule has 7 heteroatoms. The van der Waals surface area contributed by atoms with Gasteiger partial charge in [-0.3, -0.25) is 4.79 Å². The predicted molar refractivity (Wildman–Crippen MR) is 108 cm³/mol. The van der Waals surface area contributed by atoms with E-state index in [0.717, 1.165) is 24.0 Å². The van der Waals surface area contributed by atoms with E-state index in [2.05, 4.69) is 5.32 Å². The molecule has 150 valence electrons. The normalized spacial score (nSPS) is 18.8. The second-order valence-corrected chi connectivity index (χ2v) is 9.10. The van der Waals surface area contributed by atoms with Gasteiger partial charge in [-0.05, 0) is 43.9 Å². The Morgan fingerprint density at radius 2 is 1.86 bits per heavy atom. The lowest BCUT2D eigenvalue weighted by Gasteiger charge is -2.26. The molecule has 0 radical (unpaired) electrons. The molecule has 2 aromatic rings. The van der Waals surface area contributed by atoms with Crippen molar-refractivity contribution in [1.82, 2.24) is 9.62 Å². The molecule has 1 fully saturated rings. The smallest absolute Gasteiger partial charge is 0.321 e. The molecule has 0 saturated carbocycles. The van der Waals surface area contributed by atoms with Gasteiger partial charge in [-0.2, -0.15) is 4.31 Å². The van der Waals surface area contributed by atoms with Crippen LogP contribution in [0.5, 0.6) is 0 Å². The van der Waals surface area contributed by atoms with Crippen LogP contribution < -0.4 is 5.32 Å². The van der Waals surface area contributed by atoms with Crippen LogP contribution in [-0.4, -0.2) is 49.0 Å². The van der Waals surface area contributed by atoms with Gasteiger partial charge in [0.05, 0.1) is 4.90 Å². The number of aliphatic carboxylic acids is 1. The van der Waals surface area contributed by atoms with Crippen LogP contribution in [0.1, 0.15) is 24.0 Å². The average molecular weight is 403 g/mol. The highest BCUT2D eigenvalue weighted by Gasteiger charge is 2.35. The molecule has 1 saturated heterocycles. The summed E-state index contributed by atoms with van der Waals surface area (Å²) in [4.78, 5) is 11.9. The number of carboxylic acids is 1. The first-order valence-corrected chi connectivity index (χ1v) is 10.9. The molecule has 2 N–H and O–H groups in total. The van der Waals surface area contributed by atoms with E-state index in [1.165, 1.54) is 4.31 Å². The summed E-state index contributed by atoms with van der Waals surface area (Å²) in [7, 11) is -3.59. The maximum atomic E-state index is 13.0. The highest BCUT2D eigenvalue weighted by molar-refractivity contribution is 7.89. The number of hydrogen-bond donors (Lipinski definition) is 2. The van der Waals surface area contributed by atoms with E-state index in [-0.39, 0.29) is 10.9 Å². The van der Waals surface area contributed by atoms with E-state index in [1.54, 1.807) is 24.3 Å². The highest BCUT2D eigenvalue weighted by Crippen LogP contribution is 2.26. The van der Waals surface area contributed by atoms with Crippen LogP contribution in [-0.2, 0) is 21.2 Å². The molecule has 1 unspecified atom stereocenters. The van der Waals surface area contributed by atoms with Crippen molar-refractivity contribution in [2.75, 3.05) is 13.1 Å². The number of carboxylic acid groups (broad SMARTS) is 1. The molecule has 1 heterocycles. The third kappa shape index (κ3) is 4.79. The number of sulfonamides is 1. The van der Waals surface area contributed by atoms with Crippen LogP contribution in [0.2, 0.25) is 0 Å². The number of nitrogens with zero attached hydrogens (tertiary/aromatic N) is 1. The highest BCUT2D eigenvalue weighted by atomic mass is 32.2. The van der Waals surface area contributed by atoms with Crippen molar-refractivity contribution in [2.24, 2.45) is 0 Å². The SMILES string of the molecule is Cc1ccc(S(=O)(=O)N2CCCC2CN[C@@H](Cc2ccccc2)C(=O)O)cc1. The minimum Gasteiger partial charge on any atom is -0.480 e. The van der Waals surface area contributed by atoms with Gasteiger partial charge in [0.15, 0.2) is 0 Å². The van der Waals surface area contributed by atoms with Gasteiger partial charge in [-0.25, -0.2) is 8.42 Å². The maximum Gasteiger partial charge on any atom is 0.321 e. The van der Waals surface area contributed by atoms with Crippen molar-refractivity contribution >= 4 is 16.0 Å². The van der Waals surface area contributed by atoms with Gasteiger partial charge in [0, 0.05) is 19.1 Å². The Morgan fingerprint density at radius 3 is 2.50 bits per heavy atom. The lowest BCUT2D eigenvalue weighted by molar-refractivity contribution is -0.139. The number of hydrogen-bond acceptors (Lipinski definition) is 4. The Hall–Kier alpha value is -2.22. The van der Waals surface area contributed by atoms with Crippen molar-refractivity contribution in [3.8, 4) is 0 Å². The molecule has 28 heavy (non-hydrogen) atoms. The van der Waals surface area contributed by atoms with E-state index in [9.17, 15) is 18.3 Å². The molecule has 2 atom stereocenters. The monoisotopic (exact) mass is 402 g/mol. The molecule has 2 aromatic carbocycles. The van der Waals surface area contributed by atoms with E-state index in [1.807, 2.05) is 37.3 Å². The van der Waals surface area contributed by atoms with Crippen molar-refractivity contribution in [3.05, 3.63) is 65.7 Å². The van der Waals surface area contributed by atoms with E-state index < -0.39 is 22.0 Å². The minimum atomic E-state index is -3.59. The van der Waals surface area contributed by atoms with Crippen molar-refractivity contribution in [3.63, 3.8) is 0 Å². The second-order valence-electron chi connectivity index (χ2n) is 7.21. The topological polar surface area (TPSA) is 86.7 Å². The standard InChI is InChI=1S/C21H26N2O4S/c1-16-9-11-19(12-10-16)28(26,27)23-13-5-8-18(23)15-22-20(21(24)25)14-17-6-3-2-4-7-17/h2-4,6-7,9-12,18,20,22H,5,8,13-15H2,1H3,(H,24,25)/t18?,20-/m0/s1. The van der Waals surface area contributed by atoms with Crippen LogP contribution in [0.25, 0.3) is 0 Å². The van der Waals surface area contributed by atoms with Gasteiger partial charge in [-0.1, -0.05) is 48.0 Å². The van der Waals surface area contributed by atoms with Gasteiger partial charge >= 0.3 is 5.97 Å². The van der Waals surface area contributed by atoms with Gasteiger partial charge in [0.25, 0.3) is 0 Å². The Bertz CT molecular complexity index is 898. The number of aryl methyl sites for hydroxylation is 1. The number of nitrogens with one attached hydrogen (secondary N) is 1. The minimum absolute atomic E-state index is 0.246. The lowest BCUT2D eigenvalue weighted by Crippen LogP contribution is -2.47. The molecule has 3 rings (SSSR count). The molecule has 6 nitrogen and oxygen atoms in total. The van der Waals surface area contributed by atoms with E-state index in [4.69, 9.17) is 0 Å². The van der Waals surface area contributed by atoms with Gasteiger partial charge < -0.3 is 10.4 Å². The largest absolute Gasteiger partial charge is 0.480 e. The molecule has 1 aliphatic heterocycles. The van der Waals surface area contributed by atoms with E-state index >= 15 is 0 Å². The summed E-state index contributed by atoms with van der Waals surface area (Å²) in [5, 5.41) is 12.6. The molecular formula is C21H26N2O4S. The lowest BCUT2D eigenvalue weighted by atomic mass is 10.1. The molecule has 0 aromatic heterocycles. The van der Waals surface area contributed by atoms with Crippen molar-refractivity contribution in [1.29, 1.82) is 0 Å². The first-order chi connectivity index (χ1) is 13.4. The Morgan fingerprint density at radius 1 is 1.18 bits per heavy atom. The van der Waals surface area contributed by atoms with Crippen molar-refractivity contribution in [2.45, 2.75) is 43.2 Å². The van der Waals surface area contributed by atoms with Gasteiger partial charge in [0.2, 0.25) is 10.0 Å². The van der Waals surface area contributed by atoms with E-state index in [0.29, 0.717) is 19.5 Å². The number of carbonyl (C=O) groups is 1. The van der Waals surface area contributed by atoms with Gasteiger partial charge in [0.1, 0.15) is 6.04 Å². The average Bonchev–Trinajstić information content (AvgIpc) is 3.15. The van der Waals surface area contributed by atoms with Crippen LogP contribution in [0.15, 0.2) is 59.5 Å². The zero-order valence-corrected chi connectivity index (χ0v) is 16.7. The zero-order valence-electron chi connectivity index (χ0n) is 15.9. The molecule has 0 spiro atoms. The predicted octanol–water partition coefficient (Wildman–Crippen LogP) is 2.43. The molecule has 0 aliphatic carbocycles. The Kier molecular flexibility index (Phi) is 6.49. The van der Waals surface area contributed by atoms with Gasteiger partial charge in [-0.15, -0.1) is 0 Å². The number of rotatable bonds is 8. The second kappa shape index (κ2) is 8.86. The summed E-state index contributed by atoms with van der Waals surface area (Å²) in [5.74, 6) is -0.935. The van der Waals surface area contributed by atoms with Crippen LogP contribution in [0.3, 0.4) is 0 Å². The summed E-state index contributed by atoms with van der Waals surface area (Å²) in [6.07, 6.45) is 1.84.